The van der Waals surface area contributed by atoms with Crippen molar-refractivity contribution >= 4 is 6.29 Å². The lowest BCUT2D eigenvalue weighted by Gasteiger charge is -2.20. The first-order chi connectivity index (χ1) is 13.1. The average Bonchev–Trinajstić information content (AvgIpc) is 2.72. The van der Waals surface area contributed by atoms with E-state index in [9.17, 15) is 4.79 Å². The average molecular weight is 376 g/mol. The minimum absolute atomic E-state index is 0.342. The Bertz CT molecular complexity index is 815. The number of carbonyl (C=O) groups is 1. The maximum atomic E-state index is 11.4. The monoisotopic (exact) mass is 376 g/mol. The summed E-state index contributed by atoms with van der Waals surface area (Å²) in [5.74, 6) is 2.88. The normalized spacial score (nSPS) is 10.1. The van der Waals surface area contributed by atoms with E-state index in [4.69, 9.17) is 28.4 Å². The van der Waals surface area contributed by atoms with Crippen molar-refractivity contribution in [2.45, 2.75) is 6.42 Å². The lowest BCUT2D eigenvalue weighted by molar-refractivity contribution is 0.111. The molecule has 0 aromatic heterocycles. The summed E-state index contributed by atoms with van der Waals surface area (Å²) < 4.78 is 32.7. The van der Waals surface area contributed by atoms with E-state index in [0.29, 0.717) is 58.3 Å². The molecule has 0 radical (unpaired) electrons. The van der Waals surface area contributed by atoms with Crippen LogP contribution >= 0.6 is 0 Å². The van der Waals surface area contributed by atoms with Crippen molar-refractivity contribution in [3.05, 3.63) is 34.9 Å². The van der Waals surface area contributed by atoms with Gasteiger partial charge in [-0.2, -0.15) is 0 Å². The molecule has 0 amide bonds. The standard InChI is InChI=1S/C20H24O7/c1-22-15-8-7-12(17(24-3)20(15)27-6)9-14-16(23-2)10-13(11-21)18(25-4)19(14)26-5/h7-8,10-11H,9H2,1-6H3. The first-order valence-electron chi connectivity index (χ1n) is 8.14. The van der Waals surface area contributed by atoms with Crippen LogP contribution in [0.15, 0.2) is 18.2 Å². The Morgan fingerprint density at radius 2 is 1.30 bits per heavy atom. The van der Waals surface area contributed by atoms with Crippen molar-refractivity contribution in [1.82, 2.24) is 0 Å². The largest absolute Gasteiger partial charge is 0.496 e. The Labute approximate surface area is 158 Å². The molecule has 0 atom stereocenters. The second-order valence-corrected chi connectivity index (χ2v) is 5.50. The molecule has 0 aliphatic heterocycles. The Morgan fingerprint density at radius 3 is 1.78 bits per heavy atom. The molecule has 2 aromatic carbocycles. The van der Waals surface area contributed by atoms with Gasteiger partial charge < -0.3 is 28.4 Å². The van der Waals surface area contributed by atoms with Gasteiger partial charge in [0.2, 0.25) is 5.75 Å². The van der Waals surface area contributed by atoms with E-state index in [1.807, 2.05) is 6.07 Å². The molecule has 0 unspecified atom stereocenters. The molecule has 2 aromatic rings. The van der Waals surface area contributed by atoms with Crippen molar-refractivity contribution in [3.8, 4) is 34.5 Å². The molecule has 0 fully saturated rings. The molecule has 0 saturated carbocycles. The minimum atomic E-state index is 0.342. The van der Waals surface area contributed by atoms with Crippen LogP contribution in [0.5, 0.6) is 34.5 Å². The number of carbonyl (C=O) groups excluding carboxylic acids is 1. The van der Waals surface area contributed by atoms with Crippen LogP contribution < -0.4 is 28.4 Å². The van der Waals surface area contributed by atoms with Gasteiger partial charge in [0.05, 0.1) is 48.2 Å². The van der Waals surface area contributed by atoms with Crippen molar-refractivity contribution in [3.63, 3.8) is 0 Å². The highest BCUT2D eigenvalue weighted by atomic mass is 16.5. The lowest BCUT2D eigenvalue weighted by atomic mass is 9.99. The molecule has 0 aliphatic rings. The fourth-order valence-electron chi connectivity index (χ4n) is 3.03. The highest BCUT2D eigenvalue weighted by Gasteiger charge is 2.23. The first-order valence-corrected chi connectivity index (χ1v) is 8.14. The third-order valence-corrected chi connectivity index (χ3v) is 4.23. The van der Waals surface area contributed by atoms with Gasteiger partial charge >= 0.3 is 0 Å². The number of methoxy groups -OCH3 is 6. The van der Waals surface area contributed by atoms with Crippen LogP contribution in [0.4, 0.5) is 0 Å². The van der Waals surface area contributed by atoms with Crippen LogP contribution in [0.1, 0.15) is 21.5 Å². The lowest BCUT2D eigenvalue weighted by Crippen LogP contribution is -2.05. The van der Waals surface area contributed by atoms with Gasteiger partial charge in [-0.05, 0) is 12.1 Å². The predicted octanol–water partition coefficient (Wildman–Crippen LogP) is 3.14. The van der Waals surface area contributed by atoms with Crippen LogP contribution in [0.3, 0.4) is 0 Å². The Morgan fingerprint density at radius 1 is 0.704 bits per heavy atom. The molecule has 7 nitrogen and oxygen atoms in total. The summed E-state index contributed by atoms with van der Waals surface area (Å²) >= 11 is 0. The summed E-state index contributed by atoms with van der Waals surface area (Å²) in [5.41, 5.74) is 1.88. The quantitative estimate of drug-likeness (QED) is 0.623. The highest BCUT2D eigenvalue weighted by Crippen LogP contribution is 2.45. The number of benzene rings is 2. The van der Waals surface area contributed by atoms with E-state index in [1.165, 1.54) is 21.3 Å². The van der Waals surface area contributed by atoms with Gasteiger partial charge in [0, 0.05) is 17.5 Å². The predicted molar refractivity (Wildman–Crippen MR) is 100 cm³/mol. The molecule has 0 aliphatic carbocycles. The molecular formula is C20H24O7. The third-order valence-electron chi connectivity index (χ3n) is 4.23. The van der Waals surface area contributed by atoms with Crippen LogP contribution in [-0.2, 0) is 6.42 Å². The van der Waals surface area contributed by atoms with E-state index >= 15 is 0 Å². The number of hydrogen-bond acceptors (Lipinski definition) is 7. The summed E-state index contributed by atoms with van der Waals surface area (Å²) in [6, 6.07) is 5.29. The summed E-state index contributed by atoms with van der Waals surface area (Å²) in [6.07, 6.45) is 1.09. The molecule has 0 heterocycles. The number of aldehydes is 1. The SMILES string of the molecule is COc1cc(C=O)c(OC)c(OC)c1Cc1ccc(OC)c(OC)c1OC. The molecule has 146 valence electrons. The second kappa shape index (κ2) is 9.02. The summed E-state index contributed by atoms with van der Waals surface area (Å²) in [5, 5.41) is 0. The first kappa shape index (κ1) is 20.2. The molecular weight excluding hydrogens is 352 g/mol. The van der Waals surface area contributed by atoms with E-state index < -0.39 is 0 Å². The van der Waals surface area contributed by atoms with Crippen molar-refractivity contribution in [1.29, 1.82) is 0 Å². The molecule has 0 bridgehead atoms. The van der Waals surface area contributed by atoms with Gasteiger partial charge in [-0.15, -0.1) is 0 Å². The molecule has 2 rings (SSSR count). The maximum Gasteiger partial charge on any atom is 0.203 e. The van der Waals surface area contributed by atoms with Crippen molar-refractivity contribution in [2.75, 3.05) is 42.7 Å². The molecule has 0 saturated heterocycles. The summed E-state index contributed by atoms with van der Waals surface area (Å²) in [4.78, 5) is 11.4. The third kappa shape index (κ3) is 3.72. The van der Waals surface area contributed by atoms with Crippen LogP contribution in [0, 0.1) is 0 Å². The van der Waals surface area contributed by atoms with Gasteiger partial charge in [-0.1, -0.05) is 6.07 Å². The zero-order chi connectivity index (χ0) is 20.0. The Hall–Kier alpha value is -3.09. The zero-order valence-electron chi connectivity index (χ0n) is 16.4. The molecule has 0 N–H and O–H groups in total. The Balaban J connectivity index is 2.68. The van der Waals surface area contributed by atoms with Crippen LogP contribution in [0.2, 0.25) is 0 Å². The number of ether oxygens (including phenoxy) is 6. The van der Waals surface area contributed by atoms with Gasteiger partial charge in [-0.3, -0.25) is 4.79 Å². The van der Waals surface area contributed by atoms with E-state index in [0.717, 1.165) is 5.56 Å². The maximum absolute atomic E-state index is 11.4. The van der Waals surface area contributed by atoms with E-state index in [-0.39, 0.29) is 0 Å². The van der Waals surface area contributed by atoms with Crippen molar-refractivity contribution in [2.24, 2.45) is 0 Å². The van der Waals surface area contributed by atoms with Crippen molar-refractivity contribution < 1.29 is 33.2 Å². The van der Waals surface area contributed by atoms with Crippen LogP contribution in [-0.4, -0.2) is 48.9 Å². The molecule has 7 heteroatoms. The van der Waals surface area contributed by atoms with Gasteiger partial charge in [-0.25, -0.2) is 0 Å². The van der Waals surface area contributed by atoms with Crippen LogP contribution in [0.25, 0.3) is 0 Å². The zero-order valence-corrected chi connectivity index (χ0v) is 16.4. The molecule has 0 spiro atoms. The van der Waals surface area contributed by atoms with Gasteiger partial charge in [0.1, 0.15) is 5.75 Å². The molecule has 27 heavy (non-hydrogen) atoms. The highest BCUT2D eigenvalue weighted by molar-refractivity contribution is 5.83. The minimum Gasteiger partial charge on any atom is -0.496 e. The van der Waals surface area contributed by atoms with E-state index in [1.54, 1.807) is 33.5 Å². The van der Waals surface area contributed by atoms with Gasteiger partial charge in [0.15, 0.2) is 29.3 Å². The number of rotatable bonds is 9. The van der Waals surface area contributed by atoms with Gasteiger partial charge in [0.25, 0.3) is 0 Å². The fourth-order valence-corrected chi connectivity index (χ4v) is 3.03. The summed E-state index contributed by atoms with van der Waals surface area (Å²) in [7, 11) is 9.20. The Kier molecular flexibility index (Phi) is 6.76. The fraction of sp³-hybridized carbons (Fsp3) is 0.350. The second-order valence-electron chi connectivity index (χ2n) is 5.50. The summed E-state index contributed by atoms with van der Waals surface area (Å²) in [6.45, 7) is 0. The topological polar surface area (TPSA) is 72.5 Å². The van der Waals surface area contributed by atoms with E-state index in [2.05, 4.69) is 0 Å². The number of hydrogen-bond donors (Lipinski definition) is 0. The smallest absolute Gasteiger partial charge is 0.203 e.